The summed E-state index contributed by atoms with van der Waals surface area (Å²) in [4.78, 5) is 17.2. The van der Waals surface area contributed by atoms with Gasteiger partial charge in [-0.15, -0.1) is 0 Å². The molecule has 114 valence electrons. The first-order valence-corrected chi connectivity index (χ1v) is 8.45. The summed E-state index contributed by atoms with van der Waals surface area (Å²) in [6, 6.07) is 1.05. The van der Waals surface area contributed by atoms with E-state index in [1.54, 1.807) is 0 Å². The number of likely N-dealkylation sites (tertiary alicyclic amines) is 2. The third kappa shape index (κ3) is 2.60. The van der Waals surface area contributed by atoms with Crippen molar-refractivity contribution in [2.45, 2.75) is 51.6 Å². The summed E-state index contributed by atoms with van der Waals surface area (Å²) in [5.74, 6) is 1.90. The molecule has 1 N–H and O–H groups in total. The van der Waals surface area contributed by atoms with Crippen LogP contribution in [0.4, 0.5) is 0 Å². The molecule has 4 nitrogen and oxygen atoms in total. The van der Waals surface area contributed by atoms with Crippen LogP contribution in [0.1, 0.15) is 39.5 Å². The Kier molecular flexibility index (Phi) is 4.32. The summed E-state index contributed by atoms with van der Waals surface area (Å²) in [7, 11) is 0. The van der Waals surface area contributed by atoms with Crippen LogP contribution >= 0.6 is 0 Å². The highest BCUT2D eigenvalue weighted by atomic mass is 16.2. The molecule has 0 radical (unpaired) electrons. The molecule has 0 aliphatic carbocycles. The lowest BCUT2D eigenvalue weighted by Crippen LogP contribution is -2.48. The Hall–Kier alpha value is -0.610. The first-order valence-electron chi connectivity index (χ1n) is 8.45. The van der Waals surface area contributed by atoms with Crippen LogP contribution < -0.4 is 5.32 Å². The lowest BCUT2D eigenvalue weighted by molar-refractivity contribution is -0.136. The van der Waals surface area contributed by atoms with Crippen LogP contribution in [0.3, 0.4) is 0 Å². The first kappa shape index (κ1) is 14.3. The van der Waals surface area contributed by atoms with Gasteiger partial charge in [0.1, 0.15) is 0 Å². The summed E-state index contributed by atoms with van der Waals surface area (Å²) >= 11 is 0. The lowest BCUT2D eigenvalue weighted by atomic mass is 9.93. The zero-order chi connectivity index (χ0) is 14.1. The number of fused-ring (bicyclic) bond motifs is 1. The van der Waals surface area contributed by atoms with Crippen LogP contribution in [0.5, 0.6) is 0 Å². The van der Waals surface area contributed by atoms with E-state index in [4.69, 9.17) is 0 Å². The van der Waals surface area contributed by atoms with Gasteiger partial charge in [-0.05, 0) is 57.5 Å². The van der Waals surface area contributed by atoms with Crippen LogP contribution in [-0.4, -0.2) is 60.5 Å². The van der Waals surface area contributed by atoms with Gasteiger partial charge in [0.15, 0.2) is 0 Å². The van der Waals surface area contributed by atoms with E-state index < -0.39 is 0 Å². The van der Waals surface area contributed by atoms with Crippen LogP contribution in [0.15, 0.2) is 0 Å². The number of amides is 1. The number of carbonyl (C=O) groups is 1. The molecule has 3 saturated heterocycles. The molecule has 0 spiro atoms. The average molecular weight is 279 g/mol. The van der Waals surface area contributed by atoms with Crippen molar-refractivity contribution in [3.05, 3.63) is 0 Å². The fourth-order valence-corrected chi connectivity index (χ4v) is 4.59. The zero-order valence-corrected chi connectivity index (χ0v) is 13.0. The van der Waals surface area contributed by atoms with Gasteiger partial charge in [0.25, 0.3) is 0 Å². The Morgan fingerprint density at radius 1 is 1.30 bits per heavy atom. The largest absolute Gasteiger partial charge is 0.339 e. The molecule has 3 fully saturated rings. The van der Waals surface area contributed by atoms with E-state index in [1.165, 1.54) is 25.7 Å². The van der Waals surface area contributed by atoms with Crippen LogP contribution in [0.2, 0.25) is 0 Å². The van der Waals surface area contributed by atoms with Crippen LogP contribution in [0, 0.1) is 11.8 Å². The average Bonchev–Trinajstić information content (AvgIpc) is 2.99. The van der Waals surface area contributed by atoms with E-state index in [9.17, 15) is 4.79 Å². The van der Waals surface area contributed by atoms with Crippen molar-refractivity contribution in [1.29, 1.82) is 0 Å². The number of nitrogens with zero attached hydrogens (tertiary/aromatic N) is 2. The number of piperidine rings is 1. The minimum atomic E-state index is 0.364. The molecule has 0 aromatic carbocycles. The van der Waals surface area contributed by atoms with Gasteiger partial charge < -0.3 is 10.2 Å². The van der Waals surface area contributed by atoms with E-state index >= 15 is 0 Å². The van der Waals surface area contributed by atoms with Crippen molar-refractivity contribution < 1.29 is 4.79 Å². The maximum absolute atomic E-state index is 12.6. The Morgan fingerprint density at radius 2 is 2.15 bits per heavy atom. The Bertz CT molecular complexity index is 360. The van der Waals surface area contributed by atoms with Gasteiger partial charge in [0.2, 0.25) is 5.91 Å². The number of rotatable bonds is 3. The summed E-state index contributed by atoms with van der Waals surface area (Å²) in [5, 5.41) is 3.51. The molecular weight excluding hydrogens is 250 g/mol. The molecule has 0 saturated carbocycles. The smallest absolute Gasteiger partial charge is 0.236 e. The highest BCUT2D eigenvalue weighted by Crippen LogP contribution is 2.34. The minimum Gasteiger partial charge on any atom is -0.339 e. The highest BCUT2D eigenvalue weighted by Gasteiger charge is 2.44. The first-order chi connectivity index (χ1) is 9.70. The number of hydrogen-bond acceptors (Lipinski definition) is 3. The number of hydrogen-bond donors (Lipinski definition) is 1. The maximum atomic E-state index is 12.6. The Morgan fingerprint density at radius 3 is 2.90 bits per heavy atom. The van der Waals surface area contributed by atoms with E-state index in [0.717, 1.165) is 38.0 Å². The van der Waals surface area contributed by atoms with Gasteiger partial charge in [-0.3, -0.25) is 9.69 Å². The molecule has 1 amide bonds. The SMILES string of the molecule is CCC1C2CNCC2CN1CC(=O)N1CCCCC1C. The second kappa shape index (κ2) is 6.02. The summed E-state index contributed by atoms with van der Waals surface area (Å²) in [6.45, 7) is 9.50. The molecule has 3 rings (SSSR count). The second-order valence-corrected chi connectivity index (χ2v) is 6.92. The molecule has 3 aliphatic heterocycles. The minimum absolute atomic E-state index is 0.364. The van der Waals surface area contributed by atoms with E-state index in [2.05, 4.69) is 29.0 Å². The second-order valence-electron chi connectivity index (χ2n) is 6.92. The van der Waals surface area contributed by atoms with Crippen molar-refractivity contribution in [3.8, 4) is 0 Å². The molecule has 4 heteroatoms. The normalized spacial score (nSPS) is 38.2. The Balaban J connectivity index is 1.60. The van der Waals surface area contributed by atoms with Crippen molar-refractivity contribution >= 4 is 5.91 Å². The molecule has 3 aliphatic rings. The fraction of sp³-hybridized carbons (Fsp3) is 0.938. The van der Waals surface area contributed by atoms with Gasteiger partial charge >= 0.3 is 0 Å². The quantitative estimate of drug-likeness (QED) is 0.846. The summed E-state index contributed by atoms with van der Waals surface area (Å²) in [6.07, 6.45) is 4.81. The molecular formula is C16H29N3O. The van der Waals surface area contributed by atoms with E-state index in [1.807, 2.05) is 0 Å². The monoisotopic (exact) mass is 279 g/mol. The molecule has 0 bridgehead atoms. The summed E-state index contributed by atoms with van der Waals surface area (Å²) < 4.78 is 0. The third-order valence-electron chi connectivity index (χ3n) is 5.70. The number of carbonyl (C=O) groups excluding carboxylic acids is 1. The predicted molar refractivity (Wildman–Crippen MR) is 80.5 cm³/mol. The molecule has 0 aromatic heterocycles. The van der Waals surface area contributed by atoms with Crippen molar-refractivity contribution in [1.82, 2.24) is 15.1 Å². The standard InChI is InChI=1S/C16H29N3O/c1-3-15-14-9-17-8-13(14)10-18(15)11-16(20)19-7-5-4-6-12(19)2/h12-15,17H,3-11H2,1-2H3. The van der Waals surface area contributed by atoms with Gasteiger partial charge in [-0.25, -0.2) is 0 Å². The van der Waals surface area contributed by atoms with E-state index in [0.29, 0.717) is 24.5 Å². The van der Waals surface area contributed by atoms with Gasteiger partial charge in [0.05, 0.1) is 6.54 Å². The van der Waals surface area contributed by atoms with Gasteiger partial charge in [-0.1, -0.05) is 6.92 Å². The van der Waals surface area contributed by atoms with Crippen molar-refractivity contribution in [2.75, 3.05) is 32.7 Å². The number of nitrogens with one attached hydrogen (secondary N) is 1. The Labute approximate surface area is 122 Å². The van der Waals surface area contributed by atoms with Crippen LogP contribution in [-0.2, 0) is 4.79 Å². The van der Waals surface area contributed by atoms with E-state index in [-0.39, 0.29) is 0 Å². The summed E-state index contributed by atoms with van der Waals surface area (Å²) in [5.41, 5.74) is 0. The molecule has 4 unspecified atom stereocenters. The molecule has 4 atom stereocenters. The van der Waals surface area contributed by atoms with Crippen molar-refractivity contribution in [3.63, 3.8) is 0 Å². The molecule has 20 heavy (non-hydrogen) atoms. The highest BCUT2D eigenvalue weighted by molar-refractivity contribution is 5.78. The zero-order valence-electron chi connectivity index (χ0n) is 13.0. The molecule has 3 heterocycles. The third-order valence-corrected chi connectivity index (χ3v) is 5.70. The fourth-order valence-electron chi connectivity index (χ4n) is 4.59. The predicted octanol–water partition coefficient (Wildman–Crippen LogP) is 1.32. The maximum Gasteiger partial charge on any atom is 0.236 e. The van der Waals surface area contributed by atoms with Crippen molar-refractivity contribution in [2.24, 2.45) is 11.8 Å². The molecule has 0 aromatic rings. The lowest BCUT2D eigenvalue weighted by Gasteiger charge is -2.36. The topological polar surface area (TPSA) is 35.6 Å². The van der Waals surface area contributed by atoms with Crippen LogP contribution in [0.25, 0.3) is 0 Å². The van der Waals surface area contributed by atoms with Gasteiger partial charge in [-0.2, -0.15) is 0 Å². The van der Waals surface area contributed by atoms with Gasteiger partial charge in [0, 0.05) is 25.2 Å².